The Morgan fingerprint density at radius 1 is 1.14 bits per heavy atom. The number of ether oxygens (including phenoxy) is 1. The molecule has 0 aromatic heterocycles. The molecule has 0 unspecified atom stereocenters. The van der Waals surface area contributed by atoms with Crippen molar-refractivity contribution in [1.29, 1.82) is 0 Å². The summed E-state index contributed by atoms with van der Waals surface area (Å²) in [6, 6.07) is 15.5. The number of carbonyl (C=O) groups excluding carboxylic acids is 2. The van der Waals surface area contributed by atoms with Crippen LogP contribution in [0.25, 0.3) is 5.70 Å². The van der Waals surface area contributed by atoms with Crippen LogP contribution in [0.4, 0.5) is 0 Å². The molecule has 2 heterocycles. The highest BCUT2D eigenvalue weighted by Crippen LogP contribution is 2.47. The van der Waals surface area contributed by atoms with Gasteiger partial charge in [0, 0.05) is 17.8 Å². The van der Waals surface area contributed by atoms with Gasteiger partial charge in [0.25, 0.3) is 0 Å². The first-order chi connectivity index (χ1) is 17.3. The fourth-order valence-corrected chi connectivity index (χ4v) is 5.30. The fraction of sp³-hybridized carbons (Fsp3) is 0.345. The Balaban J connectivity index is 1.87. The second kappa shape index (κ2) is 11.2. The third kappa shape index (κ3) is 5.41. The van der Waals surface area contributed by atoms with Crippen LogP contribution in [-0.2, 0) is 14.3 Å². The van der Waals surface area contributed by atoms with Crippen molar-refractivity contribution in [3.63, 3.8) is 0 Å². The van der Waals surface area contributed by atoms with Crippen molar-refractivity contribution >= 4 is 34.5 Å². The van der Waals surface area contributed by atoms with E-state index in [1.54, 1.807) is 6.92 Å². The molecule has 0 spiro atoms. The predicted molar refractivity (Wildman–Crippen MR) is 146 cm³/mol. The van der Waals surface area contributed by atoms with Crippen molar-refractivity contribution in [2.45, 2.75) is 47.1 Å². The zero-order valence-corrected chi connectivity index (χ0v) is 22.3. The first-order valence-corrected chi connectivity index (χ1v) is 13.2. The Labute approximate surface area is 217 Å². The molecule has 7 heteroatoms. The molecule has 1 amide bonds. The number of benzene rings is 2. The van der Waals surface area contributed by atoms with E-state index in [9.17, 15) is 9.59 Å². The lowest BCUT2D eigenvalue weighted by Crippen LogP contribution is -2.38. The predicted octanol–water partition coefficient (Wildman–Crippen LogP) is 5.74. The minimum Gasteiger partial charge on any atom is -0.463 e. The number of nitrogens with zero attached hydrogens (tertiary/aromatic N) is 2. The van der Waals surface area contributed by atoms with E-state index in [1.807, 2.05) is 54.5 Å². The molecule has 1 N–H and O–H groups in total. The zero-order chi connectivity index (χ0) is 25.8. The van der Waals surface area contributed by atoms with Gasteiger partial charge >= 0.3 is 5.97 Å². The van der Waals surface area contributed by atoms with E-state index in [0.717, 1.165) is 33.1 Å². The van der Waals surface area contributed by atoms with Crippen molar-refractivity contribution in [3.8, 4) is 0 Å². The van der Waals surface area contributed by atoms with Gasteiger partial charge in [-0.2, -0.15) is 0 Å². The molecule has 0 saturated heterocycles. The number of hydrogen-bond donors (Lipinski definition) is 1. The summed E-state index contributed by atoms with van der Waals surface area (Å²) in [5.74, 6) is -0.0833. The van der Waals surface area contributed by atoms with E-state index < -0.39 is 12.0 Å². The van der Waals surface area contributed by atoms with E-state index in [-0.39, 0.29) is 18.9 Å². The fourth-order valence-electron chi connectivity index (χ4n) is 4.38. The maximum absolute atomic E-state index is 13.6. The number of esters is 1. The van der Waals surface area contributed by atoms with Crippen LogP contribution in [0.5, 0.6) is 0 Å². The molecule has 2 aliphatic rings. The first-order valence-electron chi connectivity index (χ1n) is 12.3. The highest BCUT2D eigenvalue weighted by Gasteiger charge is 2.42. The zero-order valence-electron chi connectivity index (χ0n) is 21.5. The normalized spacial score (nSPS) is 17.1. The van der Waals surface area contributed by atoms with Crippen LogP contribution in [0, 0.1) is 19.8 Å². The number of amides is 1. The number of amidine groups is 1. The van der Waals surface area contributed by atoms with Crippen molar-refractivity contribution in [3.05, 3.63) is 87.5 Å². The Hall–Kier alpha value is -3.32. The summed E-state index contributed by atoms with van der Waals surface area (Å²) in [6.45, 7) is 10.9. The Morgan fingerprint density at radius 2 is 1.89 bits per heavy atom. The van der Waals surface area contributed by atoms with Crippen LogP contribution in [0.15, 0.2) is 70.2 Å². The lowest BCUT2D eigenvalue weighted by molar-refractivity contribution is -0.139. The van der Waals surface area contributed by atoms with Gasteiger partial charge < -0.3 is 15.0 Å². The van der Waals surface area contributed by atoms with Crippen molar-refractivity contribution in [2.75, 3.05) is 13.2 Å². The summed E-state index contributed by atoms with van der Waals surface area (Å²) < 4.78 is 5.59. The average Bonchev–Trinajstić information content (AvgIpc) is 3.26. The molecule has 2 aromatic carbocycles. The number of rotatable bonds is 8. The Bertz CT molecular complexity index is 1250. The minimum atomic E-state index is -0.467. The molecule has 4 rings (SSSR count). The summed E-state index contributed by atoms with van der Waals surface area (Å²) in [7, 11) is 0. The second-order valence-electron chi connectivity index (χ2n) is 9.48. The van der Waals surface area contributed by atoms with E-state index >= 15 is 0 Å². The largest absolute Gasteiger partial charge is 0.463 e. The SMILES string of the molecule is CCOC(=O)C1=C(c2ccccc2)N=C2SC=C(CC(=O)NCC(C)C)N2[C@@H]1c1cc(C)ccc1C. The number of aryl methyl sites for hydroxylation is 2. The van der Waals surface area contributed by atoms with Crippen LogP contribution in [0.2, 0.25) is 0 Å². The molecule has 6 nitrogen and oxygen atoms in total. The van der Waals surface area contributed by atoms with Crippen molar-refractivity contribution in [1.82, 2.24) is 10.2 Å². The first kappa shape index (κ1) is 25.8. The van der Waals surface area contributed by atoms with E-state index in [4.69, 9.17) is 9.73 Å². The van der Waals surface area contributed by atoms with Crippen LogP contribution in [0.3, 0.4) is 0 Å². The summed E-state index contributed by atoms with van der Waals surface area (Å²) in [5, 5.41) is 5.73. The number of thioether (sulfide) groups is 1. The van der Waals surface area contributed by atoms with Gasteiger partial charge in [-0.15, -0.1) is 0 Å². The van der Waals surface area contributed by atoms with Crippen molar-refractivity contribution in [2.24, 2.45) is 10.9 Å². The molecule has 0 saturated carbocycles. The number of fused-ring (bicyclic) bond motifs is 1. The van der Waals surface area contributed by atoms with Gasteiger partial charge in [-0.3, -0.25) is 4.79 Å². The van der Waals surface area contributed by atoms with E-state index in [1.165, 1.54) is 11.8 Å². The summed E-state index contributed by atoms with van der Waals surface area (Å²) in [4.78, 5) is 33.4. The monoisotopic (exact) mass is 503 g/mol. The highest BCUT2D eigenvalue weighted by molar-refractivity contribution is 8.16. The molecule has 0 fully saturated rings. The highest BCUT2D eigenvalue weighted by atomic mass is 32.2. The van der Waals surface area contributed by atoms with E-state index in [2.05, 4.69) is 37.4 Å². The third-order valence-electron chi connectivity index (χ3n) is 6.13. The minimum absolute atomic E-state index is 0.0490. The van der Waals surface area contributed by atoms with Gasteiger partial charge in [-0.1, -0.05) is 79.7 Å². The summed E-state index contributed by atoms with van der Waals surface area (Å²) >= 11 is 1.48. The lowest BCUT2D eigenvalue weighted by atomic mass is 9.88. The Morgan fingerprint density at radius 3 is 2.58 bits per heavy atom. The molecule has 1 atom stereocenters. The van der Waals surface area contributed by atoms with Crippen molar-refractivity contribution < 1.29 is 14.3 Å². The van der Waals surface area contributed by atoms with E-state index in [0.29, 0.717) is 23.7 Å². The quantitative estimate of drug-likeness (QED) is 0.465. The van der Waals surface area contributed by atoms with Gasteiger partial charge in [0.1, 0.15) is 0 Å². The maximum Gasteiger partial charge on any atom is 0.338 e. The molecule has 0 bridgehead atoms. The average molecular weight is 504 g/mol. The van der Waals surface area contributed by atoms with Gasteiger partial charge in [0.2, 0.25) is 5.91 Å². The standard InChI is InChI=1S/C29H33N3O3S/c1-6-35-28(34)25-26(21-10-8-7-9-11-21)31-29-32(27(25)23-14-19(4)12-13-20(23)5)22(17-36-29)15-24(33)30-16-18(2)3/h7-14,17-18,27H,6,15-16H2,1-5H3,(H,30,33)/t27-/m1/s1. The Kier molecular flexibility index (Phi) is 7.99. The number of hydrogen-bond acceptors (Lipinski definition) is 6. The molecule has 0 radical (unpaired) electrons. The molecule has 188 valence electrons. The molecule has 2 aliphatic heterocycles. The topological polar surface area (TPSA) is 71.0 Å². The number of nitrogens with one attached hydrogen (secondary N) is 1. The number of carbonyl (C=O) groups is 2. The van der Waals surface area contributed by atoms with Gasteiger partial charge in [0.15, 0.2) is 5.17 Å². The molecule has 2 aromatic rings. The van der Waals surface area contributed by atoms with Crippen LogP contribution in [-0.4, -0.2) is 35.1 Å². The number of aliphatic imine (C=N–C) groups is 1. The van der Waals surface area contributed by atoms with Crippen LogP contribution < -0.4 is 5.32 Å². The molecular weight excluding hydrogens is 470 g/mol. The van der Waals surface area contributed by atoms with Gasteiger partial charge in [-0.05, 0) is 43.2 Å². The van der Waals surface area contributed by atoms with Crippen LogP contribution >= 0.6 is 11.8 Å². The van der Waals surface area contributed by atoms with Gasteiger partial charge in [0.05, 0.1) is 30.3 Å². The third-order valence-corrected chi connectivity index (χ3v) is 7.02. The van der Waals surface area contributed by atoms with Gasteiger partial charge in [-0.25, -0.2) is 9.79 Å². The molecule has 0 aliphatic carbocycles. The maximum atomic E-state index is 13.6. The molecular formula is C29H33N3O3S. The van der Waals surface area contributed by atoms with Crippen LogP contribution in [0.1, 0.15) is 55.5 Å². The second-order valence-corrected chi connectivity index (χ2v) is 10.3. The lowest BCUT2D eigenvalue weighted by Gasteiger charge is -2.37. The molecule has 36 heavy (non-hydrogen) atoms. The smallest absolute Gasteiger partial charge is 0.338 e. The summed E-state index contributed by atoms with van der Waals surface area (Å²) in [6.07, 6.45) is 0.205. The summed E-state index contributed by atoms with van der Waals surface area (Å²) in [5.41, 5.74) is 5.91.